The van der Waals surface area contributed by atoms with E-state index in [0.29, 0.717) is 5.92 Å². The molecule has 1 aliphatic carbocycles. The van der Waals surface area contributed by atoms with E-state index in [1.807, 2.05) is 31.3 Å². The molecule has 0 spiro atoms. The van der Waals surface area contributed by atoms with Crippen LogP contribution in [0.1, 0.15) is 30.3 Å². The van der Waals surface area contributed by atoms with Crippen LogP contribution in [0.2, 0.25) is 0 Å². The molecule has 1 unspecified atom stereocenters. The van der Waals surface area contributed by atoms with Crippen molar-refractivity contribution >= 4 is 0 Å². The minimum atomic E-state index is 0.712. The number of nitrogens with zero attached hydrogens (tertiary/aromatic N) is 3. The quantitative estimate of drug-likeness (QED) is 0.936. The highest BCUT2D eigenvalue weighted by atomic mass is 14.9. The van der Waals surface area contributed by atoms with Gasteiger partial charge < -0.3 is 5.32 Å². The van der Waals surface area contributed by atoms with Crippen molar-refractivity contribution in [2.45, 2.75) is 33.1 Å². The zero-order valence-corrected chi connectivity index (χ0v) is 12.8. The van der Waals surface area contributed by atoms with Crippen LogP contribution in [0.5, 0.6) is 0 Å². The molecule has 0 radical (unpaired) electrons. The van der Waals surface area contributed by atoms with Gasteiger partial charge in [0.1, 0.15) is 5.69 Å². The van der Waals surface area contributed by atoms with E-state index in [-0.39, 0.29) is 0 Å². The number of rotatable bonds is 4. The smallest absolute Gasteiger partial charge is 0.178 e. The van der Waals surface area contributed by atoms with Crippen LogP contribution in [0.3, 0.4) is 0 Å². The molecule has 0 aromatic carbocycles. The topological polar surface area (TPSA) is 50.7 Å². The fourth-order valence-electron chi connectivity index (χ4n) is 2.90. The first-order valence-corrected chi connectivity index (χ1v) is 7.75. The van der Waals surface area contributed by atoms with E-state index in [4.69, 9.17) is 4.98 Å². The van der Waals surface area contributed by atoms with Gasteiger partial charge in [0, 0.05) is 17.6 Å². The first kappa shape index (κ1) is 14.1. The van der Waals surface area contributed by atoms with Crippen LogP contribution in [0.4, 0.5) is 0 Å². The zero-order valence-electron chi connectivity index (χ0n) is 12.8. The molecule has 2 heterocycles. The first-order chi connectivity index (χ1) is 10.3. The average Bonchev–Trinajstić information content (AvgIpc) is 2.52. The van der Waals surface area contributed by atoms with Crippen molar-refractivity contribution in [3.05, 3.63) is 41.3 Å². The molecule has 21 heavy (non-hydrogen) atoms. The lowest BCUT2D eigenvalue weighted by Crippen LogP contribution is -2.27. The summed E-state index contributed by atoms with van der Waals surface area (Å²) in [4.78, 5) is 13.8. The van der Waals surface area contributed by atoms with Gasteiger partial charge in [0.15, 0.2) is 5.82 Å². The van der Waals surface area contributed by atoms with Gasteiger partial charge in [-0.2, -0.15) is 0 Å². The van der Waals surface area contributed by atoms with Gasteiger partial charge in [-0.25, -0.2) is 15.0 Å². The Kier molecular flexibility index (Phi) is 4.25. The molecule has 0 amide bonds. The van der Waals surface area contributed by atoms with Crippen LogP contribution in [-0.4, -0.2) is 28.0 Å². The fraction of sp³-hybridized carbons (Fsp3) is 0.471. The van der Waals surface area contributed by atoms with Crippen LogP contribution in [0, 0.1) is 12.8 Å². The van der Waals surface area contributed by atoms with E-state index in [0.717, 1.165) is 43.1 Å². The summed E-state index contributed by atoms with van der Waals surface area (Å²) < 4.78 is 0. The molecule has 110 valence electrons. The van der Waals surface area contributed by atoms with Crippen molar-refractivity contribution in [2.75, 3.05) is 13.1 Å². The Balaban J connectivity index is 1.80. The van der Waals surface area contributed by atoms with Gasteiger partial charge in [-0.15, -0.1) is 0 Å². The summed E-state index contributed by atoms with van der Waals surface area (Å²) in [5, 5.41) is 3.44. The third kappa shape index (κ3) is 3.27. The molecule has 3 rings (SSSR count). The van der Waals surface area contributed by atoms with Gasteiger partial charge in [0.2, 0.25) is 0 Å². The Labute approximate surface area is 126 Å². The van der Waals surface area contributed by atoms with Crippen LogP contribution in [-0.2, 0) is 12.8 Å². The monoisotopic (exact) mass is 282 g/mol. The second-order valence-corrected chi connectivity index (χ2v) is 5.75. The second-order valence-electron chi connectivity index (χ2n) is 5.75. The third-order valence-corrected chi connectivity index (χ3v) is 4.05. The standard InChI is InChI=1S/C17H22N4/c1-3-18-10-13-7-8-15-14(9-13)11-19-17(21-15)16-6-4-5-12(2)20-16/h4-6,11,13,18H,3,7-10H2,1-2H3. The SMILES string of the molecule is CCNCC1CCc2nc(-c3cccc(C)n3)ncc2C1. The predicted octanol–water partition coefficient (Wildman–Crippen LogP) is 2.56. The molecule has 2 aromatic heterocycles. The number of aryl methyl sites for hydroxylation is 2. The normalized spacial score (nSPS) is 17.5. The summed E-state index contributed by atoms with van der Waals surface area (Å²) in [7, 11) is 0. The second kappa shape index (κ2) is 6.31. The van der Waals surface area contributed by atoms with Gasteiger partial charge in [0.05, 0.1) is 0 Å². The number of hydrogen-bond acceptors (Lipinski definition) is 4. The molecule has 4 nitrogen and oxygen atoms in total. The molecule has 2 aromatic rings. The van der Waals surface area contributed by atoms with Gasteiger partial charge in [-0.1, -0.05) is 13.0 Å². The molecule has 1 atom stereocenters. The van der Waals surface area contributed by atoms with E-state index in [9.17, 15) is 0 Å². The third-order valence-electron chi connectivity index (χ3n) is 4.05. The van der Waals surface area contributed by atoms with Crippen LogP contribution >= 0.6 is 0 Å². The Morgan fingerprint density at radius 1 is 1.29 bits per heavy atom. The number of hydrogen-bond donors (Lipinski definition) is 1. The van der Waals surface area contributed by atoms with Gasteiger partial charge in [-0.3, -0.25) is 0 Å². The summed E-state index contributed by atoms with van der Waals surface area (Å²) in [5.74, 6) is 1.46. The molecule has 0 bridgehead atoms. The van der Waals surface area contributed by atoms with E-state index in [1.165, 1.54) is 17.7 Å². The largest absolute Gasteiger partial charge is 0.317 e. The van der Waals surface area contributed by atoms with E-state index >= 15 is 0 Å². The lowest BCUT2D eigenvalue weighted by atomic mass is 9.87. The summed E-state index contributed by atoms with van der Waals surface area (Å²) >= 11 is 0. The van der Waals surface area contributed by atoms with Crippen molar-refractivity contribution in [3.63, 3.8) is 0 Å². The van der Waals surface area contributed by atoms with Crippen LogP contribution in [0.25, 0.3) is 11.5 Å². The number of fused-ring (bicyclic) bond motifs is 1. The number of aromatic nitrogens is 3. The molecule has 4 heteroatoms. The maximum absolute atomic E-state index is 4.75. The molecule has 1 N–H and O–H groups in total. The van der Waals surface area contributed by atoms with Crippen molar-refractivity contribution in [1.82, 2.24) is 20.3 Å². The maximum Gasteiger partial charge on any atom is 0.178 e. The highest BCUT2D eigenvalue weighted by molar-refractivity contribution is 5.49. The van der Waals surface area contributed by atoms with E-state index in [2.05, 4.69) is 22.2 Å². The summed E-state index contributed by atoms with van der Waals surface area (Å²) in [6, 6.07) is 5.98. The highest BCUT2D eigenvalue weighted by Gasteiger charge is 2.20. The van der Waals surface area contributed by atoms with E-state index in [1.54, 1.807) is 0 Å². The predicted molar refractivity (Wildman–Crippen MR) is 84.1 cm³/mol. The molecular formula is C17H22N4. The van der Waals surface area contributed by atoms with Crippen molar-refractivity contribution in [3.8, 4) is 11.5 Å². The van der Waals surface area contributed by atoms with Gasteiger partial charge in [0.25, 0.3) is 0 Å². The minimum Gasteiger partial charge on any atom is -0.317 e. The molecule has 1 aliphatic rings. The Morgan fingerprint density at radius 2 is 2.19 bits per heavy atom. The maximum atomic E-state index is 4.75. The van der Waals surface area contributed by atoms with Crippen molar-refractivity contribution in [1.29, 1.82) is 0 Å². The van der Waals surface area contributed by atoms with Gasteiger partial charge >= 0.3 is 0 Å². The van der Waals surface area contributed by atoms with Gasteiger partial charge in [-0.05, 0) is 62.9 Å². The number of pyridine rings is 1. The Bertz CT molecular complexity index is 624. The summed E-state index contributed by atoms with van der Waals surface area (Å²) in [6.45, 7) is 6.28. The lowest BCUT2D eigenvalue weighted by molar-refractivity contribution is 0.424. The molecule has 0 aliphatic heterocycles. The van der Waals surface area contributed by atoms with Crippen LogP contribution in [0.15, 0.2) is 24.4 Å². The minimum absolute atomic E-state index is 0.712. The first-order valence-electron chi connectivity index (χ1n) is 7.75. The highest BCUT2D eigenvalue weighted by Crippen LogP contribution is 2.25. The number of nitrogens with one attached hydrogen (secondary N) is 1. The van der Waals surface area contributed by atoms with Crippen molar-refractivity contribution in [2.24, 2.45) is 5.92 Å². The summed E-state index contributed by atoms with van der Waals surface area (Å²) in [5.41, 5.74) is 4.38. The molecular weight excluding hydrogens is 260 g/mol. The Morgan fingerprint density at radius 3 is 3.00 bits per heavy atom. The molecule has 0 saturated carbocycles. The molecule has 0 saturated heterocycles. The lowest BCUT2D eigenvalue weighted by Gasteiger charge is -2.24. The Hall–Kier alpha value is -1.81. The molecule has 0 fully saturated rings. The summed E-state index contributed by atoms with van der Waals surface area (Å²) in [6.07, 6.45) is 5.34. The zero-order chi connectivity index (χ0) is 14.7. The average molecular weight is 282 g/mol. The van der Waals surface area contributed by atoms with Crippen LogP contribution < -0.4 is 5.32 Å². The fourth-order valence-corrected chi connectivity index (χ4v) is 2.90. The van der Waals surface area contributed by atoms with E-state index < -0.39 is 0 Å². The van der Waals surface area contributed by atoms with Crippen molar-refractivity contribution < 1.29 is 0 Å².